The molecule has 1 atom stereocenters. The zero-order valence-corrected chi connectivity index (χ0v) is 13.2. The molecule has 0 saturated heterocycles. The van der Waals surface area contributed by atoms with Crippen LogP contribution in [0.15, 0.2) is 18.2 Å². The number of ether oxygens (including phenoxy) is 1. The first-order valence-electron chi connectivity index (χ1n) is 6.08. The number of carbonyl (C=O) groups excluding carboxylic acids is 1. The molecule has 0 heterocycles. The molecule has 0 aliphatic rings. The lowest BCUT2D eigenvalue weighted by Gasteiger charge is -2.18. The van der Waals surface area contributed by atoms with E-state index in [1.54, 1.807) is 11.9 Å². The molecular formula is C13H17BrN2O4. The number of benzene rings is 1. The van der Waals surface area contributed by atoms with Crippen LogP contribution in [0.4, 0.5) is 5.69 Å². The molecule has 1 unspecified atom stereocenters. The smallest absolute Gasteiger partial charge is 0.310 e. The van der Waals surface area contributed by atoms with Crippen LogP contribution in [0.5, 0.6) is 5.75 Å². The molecule has 0 aliphatic carbocycles. The van der Waals surface area contributed by atoms with E-state index in [0.717, 1.165) is 6.42 Å². The third-order valence-electron chi connectivity index (χ3n) is 2.83. The minimum atomic E-state index is -0.538. The Labute approximate surface area is 126 Å². The molecule has 0 N–H and O–H groups in total. The van der Waals surface area contributed by atoms with Gasteiger partial charge in [-0.05, 0) is 12.5 Å². The number of nitro benzene ring substituents is 1. The summed E-state index contributed by atoms with van der Waals surface area (Å²) >= 11 is 3.42. The van der Waals surface area contributed by atoms with Crippen LogP contribution in [0, 0.1) is 10.1 Å². The Hall–Kier alpha value is -1.63. The predicted octanol–water partition coefficient (Wildman–Crippen LogP) is 2.85. The number of nitrogens with zero attached hydrogens (tertiary/aromatic N) is 2. The van der Waals surface area contributed by atoms with Crippen LogP contribution in [0.1, 0.15) is 23.7 Å². The molecule has 7 heteroatoms. The summed E-state index contributed by atoms with van der Waals surface area (Å²) in [6, 6.07) is 4.12. The second kappa shape index (κ2) is 7.23. The number of halogens is 1. The Morgan fingerprint density at radius 3 is 2.70 bits per heavy atom. The van der Waals surface area contributed by atoms with Crippen LogP contribution >= 0.6 is 15.9 Å². The molecule has 0 aliphatic heterocycles. The van der Waals surface area contributed by atoms with Crippen LogP contribution in [-0.4, -0.2) is 41.3 Å². The van der Waals surface area contributed by atoms with E-state index >= 15 is 0 Å². The second-order valence-electron chi connectivity index (χ2n) is 4.44. The van der Waals surface area contributed by atoms with Gasteiger partial charge in [-0.25, -0.2) is 0 Å². The standard InChI is InChI=1S/C13H17BrN2O4/c1-9(14)6-7-15(2)13(17)10-4-5-11(16(18)19)12(8-10)20-3/h4-5,8-9H,6-7H2,1-3H3. The maximum absolute atomic E-state index is 12.2. The lowest BCUT2D eigenvalue weighted by Crippen LogP contribution is -2.28. The Kier molecular flexibility index (Phi) is 5.94. The Bertz CT molecular complexity index is 505. The van der Waals surface area contributed by atoms with E-state index < -0.39 is 4.92 Å². The van der Waals surface area contributed by atoms with Gasteiger partial charge in [0.15, 0.2) is 5.75 Å². The second-order valence-corrected chi connectivity index (χ2v) is 6.00. The van der Waals surface area contributed by atoms with Gasteiger partial charge in [0.25, 0.3) is 5.91 Å². The van der Waals surface area contributed by atoms with Gasteiger partial charge < -0.3 is 9.64 Å². The number of methoxy groups -OCH3 is 1. The monoisotopic (exact) mass is 344 g/mol. The summed E-state index contributed by atoms with van der Waals surface area (Å²) in [5, 5.41) is 10.8. The molecule has 1 rings (SSSR count). The van der Waals surface area contributed by atoms with E-state index in [9.17, 15) is 14.9 Å². The zero-order valence-electron chi connectivity index (χ0n) is 11.6. The van der Waals surface area contributed by atoms with Crippen molar-refractivity contribution in [1.82, 2.24) is 4.90 Å². The van der Waals surface area contributed by atoms with Crippen molar-refractivity contribution < 1.29 is 14.5 Å². The molecule has 0 spiro atoms. The molecule has 0 radical (unpaired) electrons. The zero-order chi connectivity index (χ0) is 15.3. The van der Waals surface area contributed by atoms with E-state index in [1.165, 1.54) is 25.3 Å². The number of amides is 1. The molecule has 20 heavy (non-hydrogen) atoms. The topological polar surface area (TPSA) is 72.7 Å². The molecule has 110 valence electrons. The average molecular weight is 345 g/mol. The Morgan fingerprint density at radius 1 is 1.55 bits per heavy atom. The predicted molar refractivity (Wildman–Crippen MR) is 79.6 cm³/mol. The molecule has 6 nitrogen and oxygen atoms in total. The van der Waals surface area contributed by atoms with E-state index in [-0.39, 0.29) is 17.3 Å². The average Bonchev–Trinajstić information content (AvgIpc) is 2.42. The van der Waals surface area contributed by atoms with Gasteiger partial charge in [0, 0.05) is 36.1 Å². The Morgan fingerprint density at radius 2 is 2.20 bits per heavy atom. The van der Waals surface area contributed by atoms with Gasteiger partial charge in [0.1, 0.15) is 0 Å². The molecule has 0 saturated carbocycles. The van der Waals surface area contributed by atoms with Crippen molar-refractivity contribution in [1.29, 1.82) is 0 Å². The first kappa shape index (κ1) is 16.4. The van der Waals surface area contributed by atoms with Crippen molar-refractivity contribution in [3.05, 3.63) is 33.9 Å². The van der Waals surface area contributed by atoms with Gasteiger partial charge in [-0.15, -0.1) is 0 Å². The minimum Gasteiger partial charge on any atom is -0.490 e. The largest absolute Gasteiger partial charge is 0.490 e. The van der Waals surface area contributed by atoms with Crippen LogP contribution in [0.2, 0.25) is 0 Å². The number of rotatable bonds is 6. The van der Waals surface area contributed by atoms with Crippen molar-refractivity contribution in [2.45, 2.75) is 18.2 Å². The highest BCUT2D eigenvalue weighted by Gasteiger charge is 2.19. The van der Waals surface area contributed by atoms with Gasteiger partial charge in [-0.1, -0.05) is 22.9 Å². The van der Waals surface area contributed by atoms with Gasteiger partial charge in [0.05, 0.1) is 12.0 Å². The third kappa shape index (κ3) is 4.19. The summed E-state index contributed by atoms with van der Waals surface area (Å²) in [6.07, 6.45) is 0.826. The maximum Gasteiger partial charge on any atom is 0.310 e. The van der Waals surface area contributed by atoms with Crippen LogP contribution in [0.25, 0.3) is 0 Å². The molecule has 0 aromatic heterocycles. The quantitative estimate of drug-likeness (QED) is 0.451. The van der Waals surface area contributed by atoms with Gasteiger partial charge in [-0.3, -0.25) is 14.9 Å². The summed E-state index contributed by atoms with van der Waals surface area (Å²) in [5.41, 5.74) is 0.220. The first-order valence-corrected chi connectivity index (χ1v) is 7.00. The first-order chi connectivity index (χ1) is 9.36. The maximum atomic E-state index is 12.2. The number of carbonyl (C=O) groups is 1. The summed E-state index contributed by atoms with van der Waals surface area (Å²) in [4.78, 5) is 24.4. The highest BCUT2D eigenvalue weighted by atomic mass is 79.9. The summed E-state index contributed by atoms with van der Waals surface area (Å²) in [6.45, 7) is 2.61. The molecule has 1 amide bonds. The van der Waals surface area contributed by atoms with E-state index in [4.69, 9.17) is 4.74 Å². The number of hydrogen-bond acceptors (Lipinski definition) is 4. The summed E-state index contributed by atoms with van der Waals surface area (Å²) < 4.78 is 4.96. The highest BCUT2D eigenvalue weighted by Crippen LogP contribution is 2.27. The number of hydrogen-bond donors (Lipinski definition) is 0. The molecular weight excluding hydrogens is 328 g/mol. The summed E-state index contributed by atoms with van der Waals surface area (Å²) in [7, 11) is 3.04. The van der Waals surface area contributed by atoms with E-state index in [2.05, 4.69) is 15.9 Å². The lowest BCUT2D eigenvalue weighted by atomic mass is 10.1. The third-order valence-corrected chi connectivity index (χ3v) is 3.29. The van der Waals surface area contributed by atoms with Crippen molar-refractivity contribution in [2.75, 3.05) is 20.7 Å². The van der Waals surface area contributed by atoms with Crippen LogP contribution in [0.3, 0.4) is 0 Å². The summed E-state index contributed by atoms with van der Waals surface area (Å²) in [5.74, 6) is -0.102. The fourth-order valence-corrected chi connectivity index (χ4v) is 1.86. The SMILES string of the molecule is COc1cc(C(=O)N(C)CCC(C)Br)ccc1[N+](=O)[O-]. The van der Waals surface area contributed by atoms with Crippen molar-refractivity contribution >= 4 is 27.5 Å². The van der Waals surface area contributed by atoms with Crippen LogP contribution < -0.4 is 4.74 Å². The van der Waals surface area contributed by atoms with Crippen molar-refractivity contribution in [3.8, 4) is 5.75 Å². The van der Waals surface area contributed by atoms with Crippen molar-refractivity contribution in [3.63, 3.8) is 0 Å². The molecule has 1 aromatic carbocycles. The van der Waals surface area contributed by atoms with E-state index in [0.29, 0.717) is 16.9 Å². The highest BCUT2D eigenvalue weighted by molar-refractivity contribution is 9.09. The fourth-order valence-electron chi connectivity index (χ4n) is 1.65. The fraction of sp³-hybridized carbons (Fsp3) is 0.462. The van der Waals surface area contributed by atoms with Gasteiger partial charge >= 0.3 is 5.69 Å². The lowest BCUT2D eigenvalue weighted by molar-refractivity contribution is -0.385. The number of nitro groups is 1. The molecule has 0 bridgehead atoms. The van der Waals surface area contributed by atoms with Gasteiger partial charge in [-0.2, -0.15) is 0 Å². The van der Waals surface area contributed by atoms with Crippen molar-refractivity contribution in [2.24, 2.45) is 0 Å². The minimum absolute atomic E-state index is 0.0862. The van der Waals surface area contributed by atoms with Gasteiger partial charge in [0.2, 0.25) is 0 Å². The molecule has 0 fully saturated rings. The van der Waals surface area contributed by atoms with Crippen LogP contribution in [-0.2, 0) is 0 Å². The number of alkyl halides is 1. The van der Waals surface area contributed by atoms with E-state index in [1.807, 2.05) is 6.92 Å². The molecule has 1 aromatic rings. The normalized spacial score (nSPS) is 11.8. The Balaban J connectivity index is 2.91.